The van der Waals surface area contributed by atoms with Crippen molar-refractivity contribution in [1.29, 1.82) is 0 Å². The minimum Gasteiger partial charge on any atom is -0.379 e. The molecule has 1 fully saturated rings. The quantitative estimate of drug-likeness (QED) is 0.790. The molecule has 1 unspecified atom stereocenters. The number of fused-ring (bicyclic) bond motifs is 1. The molecule has 4 nitrogen and oxygen atoms in total. The highest BCUT2D eigenvalue weighted by atomic mass is 16.5. The van der Waals surface area contributed by atoms with E-state index in [-0.39, 0.29) is 0 Å². The zero-order valence-electron chi connectivity index (χ0n) is 10.9. The van der Waals surface area contributed by atoms with Gasteiger partial charge in [-0.05, 0) is 18.6 Å². The van der Waals surface area contributed by atoms with Gasteiger partial charge in [-0.2, -0.15) is 0 Å². The fourth-order valence-corrected chi connectivity index (χ4v) is 2.49. The molecule has 0 aliphatic carbocycles. The van der Waals surface area contributed by atoms with E-state index < -0.39 is 0 Å². The van der Waals surface area contributed by atoms with Crippen LogP contribution in [0, 0.1) is 0 Å². The van der Waals surface area contributed by atoms with Gasteiger partial charge in [-0.15, -0.1) is 0 Å². The normalized spacial score (nSPS) is 18.7. The smallest absolute Gasteiger partial charge is 0.153 e. The van der Waals surface area contributed by atoms with Gasteiger partial charge in [0.1, 0.15) is 5.82 Å². The van der Waals surface area contributed by atoms with Crippen LogP contribution < -0.4 is 4.90 Å². The van der Waals surface area contributed by atoms with Gasteiger partial charge in [-0.3, -0.25) is 4.79 Å². The summed E-state index contributed by atoms with van der Waals surface area (Å²) in [7, 11) is 1.98. The summed E-state index contributed by atoms with van der Waals surface area (Å²) in [6, 6.07) is 10.0. The predicted octanol–water partition coefficient (Wildman–Crippen LogP) is 2.27. The molecule has 0 spiro atoms. The monoisotopic (exact) mass is 256 g/mol. The van der Waals surface area contributed by atoms with Crippen LogP contribution in [0.25, 0.3) is 10.9 Å². The number of carbonyl (C=O) groups is 1. The van der Waals surface area contributed by atoms with Crippen molar-refractivity contribution in [2.24, 2.45) is 0 Å². The second-order valence-corrected chi connectivity index (χ2v) is 4.84. The van der Waals surface area contributed by atoms with Gasteiger partial charge in [0.15, 0.2) is 6.29 Å². The SMILES string of the molecule is CN(c1nc2ccccc2cc1C=O)C1CCOC1. The van der Waals surface area contributed by atoms with E-state index in [1.54, 1.807) is 0 Å². The fourth-order valence-electron chi connectivity index (χ4n) is 2.49. The Kier molecular flexibility index (Phi) is 3.17. The molecule has 1 aliphatic heterocycles. The molecule has 1 aromatic carbocycles. The van der Waals surface area contributed by atoms with Gasteiger partial charge in [0.2, 0.25) is 0 Å². The van der Waals surface area contributed by atoms with E-state index in [1.165, 1.54) is 0 Å². The maximum absolute atomic E-state index is 11.3. The van der Waals surface area contributed by atoms with Gasteiger partial charge in [0.05, 0.1) is 23.7 Å². The summed E-state index contributed by atoms with van der Waals surface area (Å²) < 4.78 is 5.40. The van der Waals surface area contributed by atoms with E-state index in [1.807, 2.05) is 37.4 Å². The van der Waals surface area contributed by atoms with Crippen LogP contribution in [0.2, 0.25) is 0 Å². The molecule has 2 aromatic rings. The van der Waals surface area contributed by atoms with E-state index in [2.05, 4.69) is 9.88 Å². The van der Waals surface area contributed by atoms with Crippen molar-refractivity contribution in [2.45, 2.75) is 12.5 Å². The Balaban J connectivity index is 2.07. The highest BCUT2D eigenvalue weighted by Crippen LogP contribution is 2.25. The first-order chi connectivity index (χ1) is 9.29. The Morgan fingerprint density at radius 3 is 3.00 bits per heavy atom. The zero-order valence-corrected chi connectivity index (χ0v) is 10.9. The Hall–Kier alpha value is -1.94. The molecule has 19 heavy (non-hydrogen) atoms. The molecule has 0 N–H and O–H groups in total. The van der Waals surface area contributed by atoms with E-state index in [4.69, 9.17) is 4.74 Å². The number of aromatic nitrogens is 1. The van der Waals surface area contributed by atoms with Gasteiger partial charge in [-0.25, -0.2) is 4.98 Å². The number of aldehydes is 1. The third kappa shape index (κ3) is 2.19. The number of nitrogens with zero attached hydrogens (tertiary/aromatic N) is 2. The van der Waals surface area contributed by atoms with Crippen LogP contribution in [0.1, 0.15) is 16.8 Å². The number of hydrogen-bond acceptors (Lipinski definition) is 4. The second kappa shape index (κ2) is 4.97. The standard InChI is InChI=1S/C15H16N2O2/c1-17(13-6-7-19-10-13)15-12(9-18)8-11-4-2-3-5-14(11)16-15/h2-5,8-9,13H,6-7,10H2,1H3. The van der Waals surface area contributed by atoms with E-state index in [0.717, 1.165) is 36.0 Å². The Morgan fingerprint density at radius 1 is 1.42 bits per heavy atom. The minimum atomic E-state index is 0.298. The topological polar surface area (TPSA) is 42.4 Å². The number of para-hydroxylation sites is 1. The first-order valence-electron chi connectivity index (χ1n) is 6.45. The Bertz CT molecular complexity index is 606. The average Bonchev–Trinajstić information content (AvgIpc) is 2.99. The summed E-state index contributed by atoms with van der Waals surface area (Å²) >= 11 is 0. The summed E-state index contributed by atoms with van der Waals surface area (Å²) in [5.41, 5.74) is 1.54. The number of ether oxygens (including phenoxy) is 1. The van der Waals surface area contributed by atoms with E-state index in [0.29, 0.717) is 18.2 Å². The van der Waals surface area contributed by atoms with Crippen LogP contribution in [0.4, 0.5) is 5.82 Å². The van der Waals surface area contributed by atoms with Gasteiger partial charge in [-0.1, -0.05) is 18.2 Å². The van der Waals surface area contributed by atoms with Crippen LogP contribution in [-0.4, -0.2) is 37.6 Å². The van der Waals surface area contributed by atoms with E-state index >= 15 is 0 Å². The van der Waals surface area contributed by atoms with Crippen LogP contribution in [0.5, 0.6) is 0 Å². The number of benzene rings is 1. The van der Waals surface area contributed by atoms with Gasteiger partial charge in [0.25, 0.3) is 0 Å². The molecule has 1 aliphatic rings. The van der Waals surface area contributed by atoms with Gasteiger partial charge < -0.3 is 9.64 Å². The predicted molar refractivity (Wildman–Crippen MR) is 74.8 cm³/mol. The molecule has 1 aromatic heterocycles. The molecular weight excluding hydrogens is 240 g/mol. The molecule has 2 heterocycles. The number of hydrogen-bond donors (Lipinski definition) is 0. The molecule has 0 radical (unpaired) electrons. The molecule has 0 bridgehead atoms. The summed E-state index contributed by atoms with van der Waals surface area (Å²) in [6.45, 7) is 1.47. The van der Waals surface area contributed by atoms with Crippen LogP contribution >= 0.6 is 0 Å². The highest BCUT2D eigenvalue weighted by molar-refractivity contribution is 5.91. The number of anilines is 1. The van der Waals surface area contributed by atoms with E-state index in [9.17, 15) is 4.79 Å². The van der Waals surface area contributed by atoms with Gasteiger partial charge >= 0.3 is 0 Å². The lowest BCUT2D eigenvalue weighted by Gasteiger charge is -2.25. The van der Waals surface area contributed by atoms with Crippen molar-refractivity contribution in [3.63, 3.8) is 0 Å². The van der Waals surface area contributed by atoms with Gasteiger partial charge in [0, 0.05) is 19.0 Å². The molecule has 98 valence electrons. The molecule has 4 heteroatoms. The van der Waals surface area contributed by atoms with Crippen molar-refractivity contribution in [3.05, 3.63) is 35.9 Å². The number of likely N-dealkylation sites (N-methyl/N-ethyl adjacent to an activating group) is 1. The zero-order chi connectivity index (χ0) is 13.2. The third-order valence-electron chi connectivity index (χ3n) is 3.65. The molecule has 1 saturated heterocycles. The summed E-state index contributed by atoms with van der Waals surface area (Å²) in [6.07, 6.45) is 1.85. The fraction of sp³-hybridized carbons (Fsp3) is 0.333. The summed E-state index contributed by atoms with van der Waals surface area (Å²) in [5.74, 6) is 0.740. The molecule has 3 rings (SSSR count). The Morgan fingerprint density at radius 2 is 2.26 bits per heavy atom. The first-order valence-corrected chi connectivity index (χ1v) is 6.45. The van der Waals surface area contributed by atoms with Crippen LogP contribution in [0.3, 0.4) is 0 Å². The minimum absolute atomic E-state index is 0.298. The lowest BCUT2D eigenvalue weighted by molar-refractivity contribution is 0.112. The van der Waals surface area contributed by atoms with Crippen molar-refractivity contribution < 1.29 is 9.53 Å². The Labute approximate surface area is 112 Å². The maximum atomic E-state index is 11.3. The average molecular weight is 256 g/mol. The summed E-state index contributed by atoms with van der Waals surface area (Å²) in [5, 5.41) is 0.990. The largest absolute Gasteiger partial charge is 0.379 e. The highest BCUT2D eigenvalue weighted by Gasteiger charge is 2.23. The van der Waals surface area contributed by atoms with Crippen molar-refractivity contribution in [3.8, 4) is 0 Å². The lowest BCUT2D eigenvalue weighted by Crippen LogP contribution is -2.33. The molecule has 1 atom stereocenters. The number of pyridine rings is 1. The van der Waals surface area contributed by atoms with Crippen molar-refractivity contribution in [1.82, 2.24) is 4.98 Å². The van der Waals surface area contributed by atoms with Crippen molar-refractivity contribution >= 4 is 23.0 Å². The lowest BCUT2D eigenvalue weighted by atomic mass is 10.1. The van der Waals surface area contributed by atoms with Crippen molar-refractivity contribution in [2.75, 3.05) is 25.2 Å². The second-order valence-electron chi connectivity index (χ2n) is 4.84. The number of rotatable bonds is 3. The maximum Gasteiger partial charge on any atom is 0.153 e. The molecule has 0 saturated carbocycles. The molecular formula is C15H16N2O2. The molecule has 0 amide bonds. The first kappa shape index (κ1) is 12.1. The van der Waals surface area contributed by atoms with Crippen LogP contribution in [-0.2, 0) is 4.74 Å². The van der Waals surface area contributed by atoms with Crippen LogP contribution in [0.15, 0.2) is 30.3 Å². The summed E-state index contributed by atoms with van der Waals surface area (Å²) in [4.78, 5) is 18.0. The number of carbonyl (C=O) groups excluding carboxylic acids is 1. The third-order valence-corrected chi connectivity index (χ3v) is 3.65.